The fourth-order valence-electron chi connectivity index (χ4n) is 4.42. The van der Waals surface area contributed by atoms with E-state index in [-0.39, 0.29) is 0 Å². The Morgan fingerprint density at radius 1 is 1.03 bits per heavy atom. The SMILES string of the molecule is CC.CO.c1ccc(-c2nc(NC3CCCCC3)c3cc(CN4CCSCC4)[nH]c3n2)cc1. The second kappa shape index (κ2) is 13.6. The molecule has 6 nitrogen and oxygen atoms in total. The van der Waals surface area contributed by atoms with Gasteiger partial charge in [0.25, 0.3) is 0 Å². The molecule has 1 aliphatic heterocycles. The number of rotatable bonds is 5. The first-order valence-electron chi connectivity index (χ1n) is 12.3. The molecule has 2 aromatic heterocycles. The van der Waals surface area contributed by atoms with Crippen LogP contribution in [0.25, 0.3) is 22.4 Å². The number of H-pyrrole nitrogens is 1. The first-order valence-corrected chi connectivity index (χ1v) is 13.5. The molecule has 0 spiro atoms. The molecule has 0 bridgehead atoms. The van der Waals surface area contributed by atoms with E-state index in [1.807, 2.05) is 32.0 Å². The summed E-state index contributed by atoms with van der Waals surface area (Å²) in [6.45, 7) is 7.28. The lowest BCUT2D eigenvalue weighted by atomic mass is 9.95. The Morgan fingerprint density at radius 2 is 1.73 bits per heavy atom. The quantitative estimate of drug-likeness (QED) is 0.455. The van der Waals surface area contributed by atoms with Gasteiger partial charge in [-0.2, -0.15) is 11.8 Å². The number of aliphatic hydroxyl groups is 1. The van der Waals surface area contributed by atoms with E-state index in [9.17, 15) is 0 Å². The largest absolute Gasteiger partial charge is 0.400 e. The highest BCUT2D eigenvalue weighted by Gasteiger charge is 2.19. The van der Waals surface area contributed by atoms with Crippen LogP contribution in [0.1, 0.15) is 51.6 Å². The summed E-state index contributed by atoms with van der Waals surface area (Å²) in [5, 5.41) is 11.9. The summed E-state index contributed by atoms with van der Waals surface area (Å²) >= 11 is 2.05. The van der Waals surface area contributed by atoms with Gasteiger partial charge in [-0.05, 0) is 18.9 Å². The molecule has 0 amide bonds. The van der Waals surface area contributed by atoms with Gasteiger partial charge in [-0.15, -0.1) is 0 Å². The maximum atomic E-state index is 7.00. The summed E-state index contributed by atoms with van der Waals surface area (Å²) in [7, 11) is 1.00. The molecular weight excluding hydrogens is 430 g/mol. The molecule has 0 unspecified atom stereocenters. The van der Waals surface area contributed by atoms with Crippen LogP contribution in [0.3, 0.4) is 0 Å². The maximum Gasteiger partial charge on any atom is 0.163 e. The highest BCUT2D eigenvalue weighted by atomic mass is 32.2. The fraction of sp³-hybridized carbons (Fsp3) is 0.538. The highest BCUT2D eigenvalue weighted by molar-refractivity contribution is 7.99. The second-order valence-corrected chi connectivity index (χ2v) is 9.41. The van der Waals surface area contributed by atoms with Gasteiger partial charge in [-0.25, -0.2) is 9.97 Å². The Labute approximate surface area is 202 Å². The van der Waals surface area contributed by atoms with Crippen LogP contribution in [0.5, 0.6) is 0 Å². The van der Waals surface area contributed by atoms with Crippen molar-refractivity contribution in [2.45, 2.75) is 58.5 Å². The molecule has 1 saturated heterocycles. The Bertz CT molecular complexity index is 950. The van der Waals surface area contributed by atoms with E-state index in [0.29, 0.717) is 6.04 Å². The lowest BCUT2D eigenvalue weighted by molar-refractivity contribution is 0.292. The van der Waals surface area contributed by atoms with Crippen LogP contribution in [0.2, 0.25) is 0 Å². The summed E-state index contributed by atoms with van der Waals surface area (Å²) in [4.78, 5) is 16.0. The zero-order valence-corrected chi connectivity index (χ0v) is 21.1. The number of aromatic nitrogens is 3. The topological polar surface area (TPSA) is 77.1 Å². The van der Waals surface area contributed by atoms with Gasteiger partial charge in [0.2, 0.25) is 0 Å². The summed E-state index contributed by atoms with van der Waals surface area (Å²) in [6, 6.07) is 13.1. The molecular formula is C26H39N5OS. The van der Waals surface area contributed by atoms with E-state index in [1.54, 1.807) is 0 Å². The van der Waals surface area contributed by atoms with Gasteiger partial charge in [-0.1, -0.05) is 63.4 Å². The van der Waals surface area contributed by atoms with Crippen LogP contribution in [0, 0.1) is 0 Å². The zero-order chi connectivity index (χ0) is 23.5. The smallest absolute Gasteiger partial charge is 0.163 e. The van der Waals surface area contributed by atoms with Gasteiger partial charge in [0.05, 0.1) is 5.39 Å². The van der Waals surface area contributed by atoms with Gasteiger partial charge < -0.3 is 15.4 Å². The predicted molar refractivity (Wildman–Crippen MR) is 142 cm³/mol. The number of benzene rings is 1. The van der Waals surface area contributed by atoms with Crippen LogP contribution in [-0.4, -0.2) is 62.7 Å². The molecule has 1 aromatic carbocycles. The highest BCUT2D eigenvalue weighted by Crippen LogP contribution is 2.29. The van der Waals surface area contributed by atoms with Crippen molar-refractivity contribution in [1.29, 1.82) is 0 Å². The first kappa shape index (κ1) is 25.5. The van der Waals surface area contributed by atoms with E-state index in [4.69, 9.17) is 15.1 Å². The van der Waals surface area contributed by atoms with E-state index < -0.39 is 0 Å². The van der Waals surface area contributed by atoms with E-state index >= 15 is 0 Å². The normalized spacial score (nSPS) is 17.0. The molecule has 2 fully saturated rings. The number of hydrogen-bond acceptors (Lipinski definition) is 6. The van der Waals surface area contributed by atoms with E-state index in [0.717, 1.165) is 55.0 Å². The standard InChI is InChI=1S/C23H29N5S.C2H6.CH4O/c1-3-7-17(8-4-1)21-26-22(24-18-9-5-2-6-10-18)20-15-19(25-23(20)27-21)16-28-11-13-29-14-12-28;2*1-2/h1,3-4,7-8,15,18H,2,5-6,9-14,16H2,(H2,24,25,26,27);1-2H3;2H,1H3. The molecule has 2 aliphatic rings. The zero-order valence-electron chi connectivity index (χ0n) is 20.3. The molecule has 0 atom stereocenters. The Hall–Kier alpha value is -2.09. The lowest BCUT2D eigenvalue weighted by Crippen LogP contribution is -2.32. The van der Waals surface area contributed by atoms with Gasteiger partial charge in [0.15, 0.2) is 5.82 Å². The molecule has 33 heavy (non-hydrogen) atoms. The van der Waals surface area contributed by atoms with Crippen molar-refractivity contribution in [3.8, 4) is 11.4 Å². The molecule has 3 heterocycles. The van der Waals surface area contributed by atoms with Crippen LogP contribution < -0.4 is 5.32 Å². The van der Waals surface area contributed by atoms with Crippen molar-refractivity contribution in [3.05, 3.63) is 42.1 Å². The van der Waals surface area contributed by atoms with Crippen LogP contribution in [0.4, 0.5) is 5.82 Å². The Morgan fingerprint density at radius 3 is 2.42 bits per heavy atom. The third-order valence-corrected chi connectivity index (χ3v) is 6.96. The van der Waals surface area contributed by atoms with Crippen molar-refractivity contribution in [3.63, 3.8) is 0 Å². The van der Waals surface area contributed by atoms with E-state index in [2.05, 4.69) is 45.2 Å². The minimum Gasteiger partial charge on any atom is -0.400 e. The van der Waals surface area contributed by atoms with Gasteiger partial charge in [0.1, 0.15) is 11.5 Å². The summed E-state index contributed by atoms with van der Waals surface area (Å²) in [5.41, 5.74) is 3.24. The summed E-state index contributed by atoms with van der Waals surface area (Å²) in [5.74, 6) is 4.23. The summed E-state index contributed by atoms with van der Waals surface area (Å²) in [6.07, 6.45) is 6.43. The van der Waals surface area contributed by atoms with Crippen molar-refractivity contribution >= 4 is 28.6 Å². The first-order chi connectivity index (χ1) is 16.3. The molecule has 3 N–H and O–H groups in total. The molecule has 7 heteroatoms. The molecule has 180 valence electrons. The third-order valence-electron chi connectivity index (χ3n) is 6.02. The average Bonchev–Trinajstić information content (AvgIpc) is 3.31. The number of nitrogens with zero attached hydrogens (tertiary/aromatic N) is 3. The minimum absolute atomic E-state index is 0.517. The molecule has 3 aromatic rings. The van der Waals surface area contributed by atoms with Crippen LogP contribution in [0.15, 0.2) is 36.4 Å². The number of thioether (sulfide) groups is 1. The predicted octanol–water partition coefficient (Wildman–Crippen LogP) is 5.55. The number of nitrogens with one attached hydrogen (secondary N) is 2. The number of aliphatic hydroxyl groups excluding tert-OH is 1. The summed E-state index contributed by atoms with van der Waals surface area (Å²) < 4.78 is 0. The van der Waals surface area contributed by atoms with Gasteiger partial charge in [-0.3, -0.25) is 4.90 Å². The third kappa shape index (κ3) is 6.95. The number of fused-ring (bicyclic) bond motifs is 1. The molecule has 1 saturated carbocycles. The number of hydrogen-bond donors (Lipinski definition) is 3. The fourth-order valence-corrected chi connectivity index (χ4v) is 5.39. The minimum atomic E-state index is 0.517. The Kier molecular flexibility index (Phi) is 10.5. The van der Waals surface area contributed by atoms with Gasteiger partial charge >= 0.3 is 0 Å². The molecule has 5 rings (SSSR count). The average molecular weight is 470 g/mol. The van der Waals surface area contributed by atoms with Crippen molar-refractivity contribution in [2.24, 2.45) is 0 Å². The lowest BCUT2D eigenvalue weighted by Gasteiger charge is -2.25. The van der Waals surface area contributed by atoms with Crippen LogP contribution >= 0.6 is 11.8 Å². The van der Waals surface area contributed by atoms with Gasteiger partial charge in [0, 0.05) is 55.5 Å². The van der Waals surface area contributed by atoms with Crippen molar-refractivity contribution < 1.29 is 5.11 Å². The van der Waals surface area contributed by atoms with E-state index in [1.165, 1.54) is 49.3 Å². The molecule has 1 aliphatic carbocycles. The van der Waals surface area contributed by atoms with Crippen molar-refractivity contribution in [1.82, 2.24) is 19.9 Å². The van der Waals surface area contributed by atoms with Crippen molar-refractivity contribution in [2.75, 3.05) is 37.0 Å². The number of anilines is 1. The molecule has 0 radical (unpaired) electrons. The second-order valence-electron chi connectivity index (χ2n) is 8.19. The Balaban J connectivity index is 0.000000728. The van der Waals surface area contributed by atoms with Crippen LogP contribution in [-0.2, 0) is 6.54 Å². The monoisotopic (exact) mass is 469 g/mol. The maximum absolute atomic E-state index is 7.00. The number of aromatic amines is 1.